The van der Waals surface area contributed by atoms with E-state index in [1.807, 2.05) is 23.4 Å². The number of amides is 1. The summed E-state index contributed by atoms with van der Waals surface area (Å²) >= 11 is 0. The Morgan fingerprint density at radius 3 is 2.58 bits per heavy atom. The lowest BCUT2D eigenvalue weighted by molar-refractivity contribution is -0.169. The molecule has 4 rings (SSSR count). The highest BCUT2D eigenvalue weighted by Crippen LogP contribution is 2.38. The second kappa shape index (κ2) is 5.85. The number of aryl methyl sites for hydroxylation is 1. The van der Waals surface area contributed by atoms with Gasteiger partial charge >= 0.3 is 0 Å². The number of carbonyl (C=O) groups excluding carboxylic acids is 1. The number of piperidine rings is 1. The first-order valence-electron chi connectivity index (χ1n) is 9.21. The maximum Gasteiger partial charge on any atom is 0.272 e. The molecule has 2 atom stereocenters. The first-order valence-corrected chi connectivity index (χ1v) is 9.21. The molecule has 4 heterocycles. The molecule has 2 fully saturated rings. The molecule has 0 N–H and O–H groups in total. The molecule has 1 amide bonds. The Morgan fingerprint density at radius 2 is 2.00 bits per heavy atom. The van der Waals surface area contributed by atoms with Crippen molar-refractivity contribution in [3.05, 3.63) is 17.0 Å². The van der Waals surface area contributed by atoms with Gasteiger partial charge in [0.2, 0.25) is 0 Å². The van der Waals surface area contributed by atoms with Crippen LogP contribution in [0.1, 0.15) is 67.9 Å². The van der Waals surface area contributed by atoms with Gasteiger partial charge in [0, 0.05) is 31.6 Å². The van der Waals surface area contributed by atoms with E-state index in [1.54, 1.807) is 0 Å². The standard InChI is InChI=1S/C18H27N3O3/c1-4-21-16(14-11-12(2)24-13(3)15(14)19-21)17(22)20-8-5-18(6-9-20)7-10-23-18/h12-13H,4-11H2,1-3H3/t12-,13+/m0/s1. The third-order valence-corrected chi connectivity index (χ3v) is 5.82. The molecule has 132 valence electrons. The lowest BCUT2D eigenvalue weighted by Crippen LogP contribution is -2.53. The highest BCUT2D eigenvalue weighted by molar-refractivity contribution is 5.94. The van der Waals surface area contributed by atoms with Gasteiger partial charge in [0.1, 0.15) is 5.69 Å². The molecule has 1 aromatic rings. The zero-order valence-corrected chi connectivity index (χ0v) is 14.9. The number of ether oxygens (including phenoxy) is 2. The van der Waals surface area contributed by atoms with Crippen molar-refractivity contribution >= 4 is 5.91 Å². The van der Waals surface area contributed by atoms with Crippen LogP contribution < -0.4 is 0 Å². The van der Waals surface area contributed by atoms with Crippen LogP contribution in [0, 0.1) is 0 Å². The van der Waals surface area contributed by atoms with E-state index in [2.05, 4.69) is 12.0 Å². The van der Waals surface area contributed by atoms with Gasteiger partial charge < -0.3 is 14.4 Å². The van der Waals surface area contributed by atoms with Crippen molar-refractivity contribution in [2.75, 3.05) is 19.7 Å². The van der Waals surface area contributed by atoms with Gasteiger partial charge in [0.25, 0.3) is 5.91 Å². The summed E-state index contributed by atoms with van der Waals surface area (Å²) in [6.45, 7) is 9.27. The number of fused-ring (bicyclic) bond motifs is 1. The number of rotatable bonds is 2. The van der Waals surface area contributed by atoms with Crippen LogP contribution in [0.4, 0.5) is 0 Å². The van der Waals surface area contributed by atoms with Crippen LogP contribution in [-0.2, 0) is 22.4 Å². The quantitative estimate of drug-likeness (QED) is 0.833. The van der Waals surface area contributed by atoms with Crippen molar-refractivity contribution in [1.82, 2.24) is 14.7 Å². The monoisotopic (exact) mass is 333 g/mol. The Kier molecular flexibility index (Phi) is 3.92. The normalized spacial score (nSPS) is 28.5. The Morgan fingerprint density at radius 1 is 1.29 bits per heavy atom. The Hall–Kier alpha value is -1.40. The van der Waals surface area contributed by atoms with Gasteiger partial charge in [-0.2, -0.15) is 5.10 Å². The molecule has 2 saturated heterocycles. The number of aromatic nitrogens is 2. The van der Waals surface area contributed by atoms with Gasteiger partial charge in [-0.3, -0.25) is 9.48 Å². The third-order valence-electron chi connectivity index (χ3n) is 5.82. The van der Waals surface area contributed by atoms with Crippen molar-refractivity contribution in [3.8, 4) is 0 Å². The molecule has 6 nitrogen and oxygen atoms in total. The summed E-state index contributed by atoms with van der Waals surface area (Å²) in [7, 11) is 0. The lowest BCUT2D eigenvalue weighted by atomic mass is 9.84. The van der Waals surface area contributed by atoms with Crippen molar-refractivity contribution in [3.63, 3.8) is 0 Å². The Balaban J connectivity index is 1.60. The predicted octanol–water partition coefficient (Wildman–Crippen LogP) is 2.32. The Labute approximate surface area is 143 Å². The fraction of sp³-hybridized carbons (Fsp3) is 0.778. The van der Waals surface area contributed by atoms with E-state index in [0.717, 1.165) is 62.3 Å². The van der Waals surface area contributed by atoms with Crippen LogP contribution >= 0.6 is 0 Å². The molecule has 1 spiro atoms. The average molecular weight is 333 g/mol. The molecule has 6 heteroatoms. The maximum atomic E-state index is 13.2. The van der Waals surface area contributed by atoms with Gasteiger partial charge in [-0.05, 0) is 40.0 Å². The fourth-order valence-corrected chi connectivity index (χ4v) is 4.31. The van der Waals surface area contributed by atoms with Gasteiger partial charge in [-0.15, -0.1) is 0 Å². The maximum absolute atomic E-state index is 13.2. The van der Waals surface area contributed by atoms with Crippen molar-refractivity contribution in [1.29, 1.82) is 0 Å². The zero-order chi connectivity index (χ0) is 16.9. The van der Waals surface area contributed by atoms with Crippen LogP contribution in [0.3, 0.4) is 0 Å². The molecule has 1 aromatic heterocycles. The number of nitrogens with zero attached hydrogens (tertiary/aromatic N) is 3. The van der Waals surface area contributed by atoms with E-state index in [9.17, 15) is 4.79 Å². The number of hydrogen-bond donors (Lipinski definition) is 0. The molecular weight excluding hydrogens is 306 g/mol. The number of carbonyl (C=O) groups is 1. The van der Waals surface area contributed by atoms with Crippen LogP contribution in [0.15, 0.2) is 0 Å². The minimum atomic E-state index is -0.0453. The third kappa shape index (κ3) is 2.47. The van der Waals surface area contributed by atoms with Gasteiger partial charge in [0.15, 0.2) is 0 Å². The van der Waals surface area contributed by atoms with E-state index in [-0.39, 0.29) is 23.7 Å². The summed E-state index contributed by atoms with van der Waals surface area (Å²) < 4.78 is 13.5. The minimum absolute atomic E-state index is 0.0453. The molecule has 0 aliphatic carbocycles. The summed E-state index contributed by atoms with van der Waals surface area (Å²) in [6.07, 6.45) is 3.90. The van der Waals surface area contributed by atoms with Crippen LogP contribution in [0.5, 0.6) is 0 Å². The molecule has 0 radical (unpaired) electrons. The summed E-state index contributed by atoms with van der Waals surface area (Å²) in [4.78, 5) is 15.2. The van der Waals surface area contributed by atoms with Crippen LogP contribution in [-0.4, -0.2) is 52.0 Å². The summed E-state index contributed by atoms with van der Waals surface area (Å²) in [5, 5.41) is 4.68. The summed E-state index contributed by atoms with van der Waals surface area (Å²) in [6, 6.07) is 0. The first kappa shape index (κ1) is 16.1. The first-order chi connectivity index (χ1) is 11.5. The minimum Gasteiger partial charge on any atom is -0.375 e. The van der Waals surface area contributed by atoms with E-state index < -0.39 is 0 Å². The molecule has 0 aromatic carbocycles. The topological polar surface area (TPSA) is 56.6 Å². The molecule has 0 saturated carbocycles. The van der Waals surface area contributed by atoms with E-state index in [1.165, 1.54) is 0 Å². The number of likely N-dealkylation sites (tertiary alicyclic amines) is 1. The second-order valence-electron chi connectivity index (χ2n) is 7.39. The smallest absolute Gasteiger partial charge is 0.272 e. The zero-order valence-electron chi connectivity index (χ0n) is 14.9. The van der Waals surface area contributed by atoms with Crippen molar-refractivity contribution in [2.24, 2.45) is 0 Å². The average Bonchev–Trinajstić information content (AvgIpc) is 2.91. The van der Waals surface area contributed by atoms with Crippen LogP contribution in [0.25, 0.3) is 0 Å². The largest absolute Gasteiger partial charge is 0.375 e. The molecule has 0 unspecified atom stereocenters. The number of hydrogen-bond acceptors (Lipinski definition) is 4. The molecule has 0 bridgehead atoms. The van der Waals surface area contributed by atoms with Gasteiger partial charge in [0.05, 0.1) is 30.1 Å². The van der Waals surface area contributed by atoms with Gasteiger partial charge in [-0.25, -0.2) is 0 Å². The van der Waals surface area contributed by atoms with E-state index >= 15 is 0 Å². The lowest BCUT2D eigenvalue weighted by Gasteiger charge is -2.47. The van der Waals surface area contributed by atoms with Crippen molar-refractivity contribution < 1.29 is 14.3 Å². The second-order valence-corrected chi connectivity index (χ2v) is 7.39. The van der Waals surface area contributed by atoms with Gasteiger partial charge in [-0.1, -0.05) is 0 Å². The van der Waals surface area contributed by atoms with Crippen LogP contribution in [0.2, 0.25) is 0 Å². The molecular formula is C18H27N3O3. The highest BCUT2D eigenvalue weighted by Gasteiger charge is 2.43. The fourth-order valence-electron chi connectivity index (χ4n) is 4.31. The Bertz CT molecular complexity index is 640. The summed E-state index contributed by atoms with van der Waals surface area (Å²) in [5.74, 6) is 0.126. The van der Waals surface area contributed by atoms with E-state index in [0.29, 0.717) is 6.54 Å². The van der Waals surface area contributed by atoms with Crippen molar-refractivity contribution in [2.45, 2.75) is 70.8 Å². The SMILES string of the molecule is CCn1nc2c(c1C(=O)N1CCC3(CCO3)CC1)C[C@H](C)O[C@@H]2C. The molecule has 24 heavy (non-hydrogen) atoms. The molecule has 3 aliphatic heterocycles. The summed E-state index contributed by atoms with van der Waals surface area (Å²) in [5.41, 5.74) is 2.88. The van der Waals surface area contributed by atoms with E-state index in [4.69, 9.17) is 9.47 Å². The predicted molar refractivity (Wildman–Crippen MR) is 89.0 cm³/mol. The molecule has 3 aliphatic rings. The highest BCUT2D eigenvalue weighted by atomic mass is 16.5.